The number of halogens is 1. The Hall–Kier alpha value is -2.40. The molecule has 0 atom stereocenters. The number of carbonyl (C=O) groups is 1. The summed E-state index contributed by atoms with van der Waals surface area (Å²) in [6.07, 6.45) is 0. The number of carbonyl (C=O) groups excluding carboxylic acids is 1. The maximum Gasteiger partial charge on any atom is 0.226 e. The van der Waals surface area contributed by atoms with E-state index in [4.69, 9.17) is 21.1 Å². The van der Waals surface area contributed by atoms with Gasteiger partial charge in [0, 0.05) is 23.8 Å². The molecule has 134 valence electrons. The van der Waals surface area contributed by atoms with Crippen LogP contribution in [0.3, 0.4) is 0 Å². The first-order chi connectivity index (χ1) is 11.9. The monoisotopic (exact) mass is 362 g/mol. The maximum absolute atomic E-state index is 11.7. The second-order valence-electron chi connectivity index (χ2n) is 5.89. The van der Waals surface area contributed by atoms with E-state index in [0.29, 0.717) is 23.1 Å². The number of ether oxygens (including phenoxy) is 2. The smallest absolute Gasteiger partial charge is 0.226 e. The van der Waals surface area contributed by atoms with Crippen LogP contribution in [0.5, 0.6) is 11.5 Å². The predicted octanol–water partition coefficient (Wildman–Crippen LogP) is 4.56. The lowest BCUT2D eigenvalue weighted by Crippen LogP contribution is -2.17. The highest BCUT2D eigenvalue weighted by Crippen LogP contribution is 2.36. The fourth-order valence-corrected chi connectivity index (χ4v) is 2.55. The molecule has 25 heavy (non-hydrogen) atoms. The lowest BCUT2D eigenvalue weighted by molar-refractivity contribution is -0.118. The Kier molecular flexibility index (Phi) is 6.53. The van der Waals surface area contributed by atoms with Crippen LogP contribution in [0.15, 0.2) is 36.4 Å². The van der Waals surface area contributed by atoms with Crippen molar-refractivity contribution in [2.75, 3.05) is 24.9 Å². The van der Waals surface area contributed by atoms with Gasteiger partial charge in [0.15, 0.2) is 11.5 Å². The van der Waals surface area contributed by atoms with Crippen molar-refractivity contribution in [2.24, 2.45) is 5.92 Å². The Balaban J connectivity index is 2.02. The average Bonchev–Trinajstić information content (AvgIpc) is 2.60. The summed E-state index contributed by atoms with van der Waals surface area (Å²) >= 11 is 6.22. The van der Waals surface area contributed by atoms with Crippen molar-refractivity contribution in [1.29, 1.82) is 0 Å². The third-order valence-electron chi connectivity index (χ3n) is 3.67. The number of nitrogens with one attached hydrogen (secondary N) is 2. The zero-order chi connectivity index (χ0) is 18.4. The number of hydrogen-bond acceptors (Lipinski definition) is 4. The van der Waals surface area contributed by atoms with Crippen molar-refractivity contribution in [3.05, 3.63) is 47.0 Å². The van der Waals surface area contributed by atoms with E-state index in [0.717, 1.165) is 16.9 Å². The van der Waals surface area contributed by atoms with E-state index in [9.17, 15) is 4.79 Å². The lowest BCUT2D eigenvalue weighted by atomic mass is 10.2. The molecule has 0 saturated heterocycles. The standard InChI is InChI=1S/C19H23ClN2O3/c1-12(2)19(23)22-15-7-5-14(6-8-15)21-11-13-9-16(20)18(25-4)17(10-13)24-3/h5-10,12,21H,11H2,1-4H3,(H,22,23). The van der Waals surface area contributed by atoms with Gasteiger partial charge in [-0.1, -0.05) is 25.4 Å². The van der Waals surface area contributed by atoms with Gasteiger partial charge < -0.3 is 20.1 Å². The summed E-state index contributed by atoms with van der Waals surface area (Å²) in [6.45, 7) is 4.30. The molecule has 6 heteroatoms. The minimum absolute atomic E-state index is 0.000629. The van der Waals surface area contributed by atoms with E-state index in [2.05, 4.69) is 10.6 Å². The van der Waals surface area contributed by atoms with Gasteiger partial charge in [0.1, 0.15) is 0 Å². The van der Waals surface area contributed by atoms with Gasteiger partial charge in [-0.25, -0.2) is 0 Å². The number of benzene rings is 2. The molecule has 5 nitrogen and oxygen atoms in total. The van der Waals surface area contributed by atoms with Gasteiger partial charge in [-0.15, -0.1) is 0 Å². The van der Waals surface area contributed by atoms with Gasteiger partial charge in [-0.2, -0.15) is 0 Å². The van der Waals surface area contributed by atoms with E-state index in [-0.39, 0.29) is 11.8 Å². The third kappa shape index (κ3) is 5.03. The molecule has 0 aliphatic carbocycles. The topological polar surface area (TPSA) is 59.6 Å². The first kappa shape index (κ1) is 18.9. The number of rotatable bonds is 7. The Bertz CT molecular complexity index is 730. The van der Waals surface area contributed by atoms with Crippen LogP contribution >= 0.6 is 11.6 Å². The summed E-state index contributed by atoms with van der Waals surface area (Å²) in [7, 11) is 3.14. The SMILES string of the molecule is COc1cc(CNc2ccc(NC(=O)C(C)C)cc2)cc(Cl)c1OC. The highest BCUT2D eigenvalue weighted by atomic mass is 35.5. The quantitative estimate of drug-likeness (QED) is 0.757. The Labute approximate surface area is 153 Å². The highest BCUT2D eigenvalue weighted by Gasteiger charge is 2.11. The Morgan fingerprint density at radius 1 is 1.08 bits per heavy atom. The summed E-state index contributed by atoms with van der Waals surface area (Å²) in [5, 5.41) is 6.68. The van der Waals surface area contributed by atoms with Crippen LogP contribution in [0.1, 0.15) is 19.4 Å². The summed E-state index contributed by atoms with van der Waals surface area (Å²) in [4.78, 5) is 11.7. The maximum atomic E-state index is 11.7. The van der Waals surface area contributed by atoms with Gasteiger partial charge in [0.05, 0.1) is 19.2 Å². The van der Waals surface area contributed by atoms with Gasteiger partial charge >= 0.3 is 0 Å². The molecule has 2 rings (SSSR count). The van der Waals surface area contributed by atoms with Crippen LogP contribution in [-0.2, 0) is 11.3 Å². The largest absolute Gasteiger partial charge is 0.493 e. The third-order valence-corrected chi connectivity index (χ3v) is 3.95. The van der Waals surface area contributed by atoms with Crippen molar-refractivity contribution >= 4 is 28.9 Å². The molecular weight excluding hydrogens is 340 g/mol. The molecule has 0 aliphatic heterocycles. The van der Waals surface area contributed by atoms with Crippen molar-refractivity contribution in [3.8, 4) is 11.5 Å². The van der Waals surface area contributed by atoms with Crippen LogP contribution in [0.25, 0.3) is 0 Å². The zero-order valence-electron chi connectivity index (χ0n) is 14.9. The fourth-order valence-electron chi connectivity index (χ4n) is 2.24. The van der Waals surface area contributed by atoms with Gasteiger partial charge in [-0.05, 0) is 42.0 Å². The predicted molar refractivity (Wildman–Crippen MR) is 102 cm³/mol. The van der Waals surface area contributed by atoms with Crippen LogP contribution in [-0.4, -0.2) is 20.1 Å². The highest BCUT2D eigenvalue weighted by molar-refractivity contribution is 6.32. The second-order valence-corrected chi connectivity index (χ2v) is 6.30. The molecule has 2 aromatic carbocycles. The minimum atomic E-state index is -0.0485. The molecular formula is C19H23ClN2O3. The molecule has 0 spiro atoms. The van der Waals surface area contributed by atoms with Crippen LogP contribution < -0.4 is 20.1 Å². The molecule has 0 aromatic heterocycles. The molecule has 2 aromatic rings. The zero-order valence-corrected chi connectivity index (χ0v) is 15.6. The number of amides is 1. The van der Waals surface area contributed by atoms with Crippen LogP contribution in [0, 0.1) is 5.92 Å². The van der Waals surface area contributed by atoms with Gasteiger partial charge in [-0.3, -0.25) is 4.79 Å². The summed E-state index contributed by atoms with van der Waals surface area (Å²) in [5.41, 5.74) is 2.69. The lowest BCUT2D eigenvalue weighted by Gasteiger charge is -2.13. The molecule has 0 bridgehead atoms. The first-order valence-corrected chi connectivity index (χ1v) is 8.37. The van der Waals surface area contributed by atoms with Crippen molar-refractivity contribution in [3.63, 3.8) is 0 Å². The molecule has 0 fully saturated rings. The number of anilines is 2. The molecule has 0 saturated carbocycles. The first-order valence-electron chi connectivity index (χ1n) is 7.99. The van der Waals surface area contributed by atoms with Crippen molar-refractivity contribution < 1.29 is 14.3 Å². The Morgan fingerprint density at radius 2 is 1.72 bits per heavy atom. The number of methoxy groups -OCH3 is 2. The van der Waals surface area contributed by atoms with E-state index in [1.807, 2.05) is 50.2 Å². The van der Waals surface area contributed by atoms with E-state index < -0.39 is 0 Å². The van der Waals surface area contributed by atoms with Crippen molar-refractivity contribution in [2.45, 2.75) is 20.4 Å². The van der Waals surface area contributed by atoms with E-state index in [1.54, 1.807) is 14.2 Å². The number of hydrogen-bond donors (Lipinski definition) is 2. The van der Waals surface area contributed by atoms with Gasteiger partial charge in [0.2, 0.25) is 5.91 Å². The second kappa shape index (κ2) is 8.62. The van der Waals surface area contributed by atoms with Crippen molar-refractivity contribution in [1.82, 2.24) is 0 Å². The van der Waals surface area contributed by atoms with Gasteiger partial charge in [0.25, 0.3) is 0 Å². The molecule has 0 heterocycles. The average molecular weight is 363 g/mol. The molecule has 0 aliphatic rings. The van der Waals surface area contributed by atoms with E-state index >= 15 is 0 Å². The van der Waals surface area contributed by atoms with E-state index in [1.165, 1.54) is 0 Å². The molecule has 2 N–H and O–H groups in total. The summed E-state index contributed by atoms with van der Waals surface area (Å²) in [6, 6.07) is 11.3. The summed E-state index contributed by atoms with van der Waals surface area (Å²) < 4.78 is 10.5. The molecule has 0 unspecified atom stereocenters. The summed E-state index contributed by atoms with van der Waals surface area (Å²) in [5.74, 6) is 1.07. The van der Waals surface area contributed by atoms with Crippen LogP contribution in [0.2, 0.25) is 5.02 Å². The van der Waals surface area contributed by atoms with Crippen LogP contribution in [0.4, 0.5) is 11.4 Å². The minimum Gasteiger partial charge on any atom is -0.493 e. The Morgan fingerprint density at radius 3 is 2.28 bits per heavy atom. The molecule has 1 amide bonds. The molecule has 0 radical (unpaired) electrons. The normalized spacial score (nSPS) is 10.5. The fraction of sp³-hybridized carbons (Fsp3) is 0.316.